The van der Waals surface area contributed by atoms with Crippen LogP contribution in [0.2, 0.25) is 5.04 Å². The van der Waals surface area contributed by atoms with Crippen LogP contribution in [0.1, 0.15) is 27.2 Å². The van der Waals surface area contributed by atoms with E-state index in [9.17, 15) is 0 Å². The van der Waals surface area contributed by atoms with Crippen LogP contribution in [0.15, 0.2) is 36.8 Å². The fourth-order valence-electron chi connectivity index (χ4n) is 1.39. The highest BCUT2D eigenvalue weighted by molar-refractivity contribution is 6.95. The smallest absolute Gasteiger partial charge is 0.106 e. The highest BCUT2D eigenvalue weighted by atomic mass is 28.3. The maximum absolute atomic E-state index is 3.91. The summed E-state index contributed by atoms with van der Waals surface area (Å²) < 4.78 is 0. The van der Waals surface area contributed by atoms with Crippen LogP contribution in [0.25, 0.3) is 0 Å². The summed E-state index contributed by atoms with van der Waals surface area (Å²) >= 11 is 0. The molecule has 0 aliphatic heterocycles. The predicted molar refractivity (Wildman–Crippen MR) is 60.7 cm³/mol. The zero-order chi connectivity index (χ0) is 9.83. The van der Waals surface area contributed by atoms with Crippen LogP contribution in [0.5, 0.6) is 0 Å². The van der Waals surface area contributed by atoms with Crippen molar-refractivity contribution >= 4 is 8.07 Å². The molecule has 0 rings (SSSR count). The molecule has 0 heterocycles. The molecule has 0 bridgehead atoms. The van der Waals surface area contributed by atoms with Gasteiger partial charge >= 0.3 is 0 Å². The van der Waals surface area contributed by atoms with E-state index in [1.54, 1.807) is 0 Å². The standard InChI is InChI=1S/C11H20Si/c1-7-11(5,6)12(8-2,9-3)10-4/h8-10H,2-4,7H2,1,5-6H3. The second kappa shape index (κ2) is 3.90. The minimum atomic E-state index is -1.65. The van der Waals surface area contributed by atoms with Gasteiger partial charge in [0, 0.05) is 0 Å². The summed E-state index contributed by atoms with van der Waals surface area (Å²) in [5, 5.41) is 0.290. The van der Waals surface area contributed by atoms with E-state index < -0.39 is 8.07 Å². The molecule has 12 heavy (non-hydrogen) atoms. The Labute approximate surface area is 77.7 Å². The molecule has 1 heteroatoms. The van der Waals surface area contributed by atoms with Gasteiger partial charge in [-0.2, -0.15) is 0 Å². The summed E-state index contributed by atoms with van der Waals surface area (Å²) in [5.74, 6) is 0. The first-order chi connectivity index (χ1) is 5.49. The van der Waals surface area contributed by atoms with Crippen molar-refractivity contribution in [3.63, 3.8) is 0 Å². The Morgan fingerprint density at radius 3 is 1.50 bits per heavy atom. The monoisotopic (exact) mass is 180 g/mol. The zero-order valence-electron chi connectivity index (χ0n) is 8.56. The number of hydrogen-bond donors (Lipinski definition) is 0. The maximum Gasteiger partial charge on any atom is 0.130 e. The van der Waals surface area contributed by atoms with Crippen molar-refractivity contribution in [2.45, 2.75) is 32.2 Å². The van der Waals surface area contributed by atoms with Gasteiger partial charge in [0.05, 0.1) is 0 Å². The van der Waals surface area contributed by atoms with Crippen molar-refractivity contribution in [1.29, 1.82) is 0 Å². The Kier molecular flexibility index (Phi) is 3.72. The van der Waals surface area contributed by atoms with E-state index in [1.165, 1.54) is 0 Å². The van der Waals surface area contributed by atoms with Crippen LogP contribution in [0.4, 0.5) is 0 Å². The van der Waals surface area contributed by atoms with Gasteiger partial charge in [-0.3, -0.25) is 0 Å². The van der Waals surface area contributed by atoms with Gasteiger partial charge in [-0.1, -0.05) is 44.3 Å². The SMILES string of the molecule is C=C[Si](C=C)(C=C)C(C)(C)CC. The topological polar surface area (TPSA) is 0 Å². The Bertz CT molecular complexity index is 167. The van der Waals surface area contributed by atoms with Crippen molar-refractivity contribution < 1.29 is 0 Å². The summed E-state index contributed by atoms with van der Waals surface area (Å²) in [6.07, 6.45) is 1.14. The van der Waals surface area contributed by atoms with Crippen LogP contribution in [-0.4, -0.2) is 8.07 Å². The first-order valence-corrected chi connectivity index (χ1v) is 6.63. The van der Waals surface area contributed by atoms with Crippen LogP contribution in [0, 0.1) is 0 Å². The normalized spacial score (nSPS) is 12.2. The molecule has 0 radical (unpaired) electrons. The van der Waals surface area contributed by atoms with Crippen LogP contribution in [0.3, 0.4) is 0 Å². The second-order valence-corrected chi connectivity index (χ2v) is 8.23. The molecular formula is C11H20Si. The lowest BCUT2D eigenvalue weighted by molar-refractivity contribution is 0.631. The molecular weight excluding hydrogens is 160 g/mol. The highest BCUT2D eigenvalue weighted by Crippen LogP contribution is 2.41. The molecule has 0 fully saturated rings. The minimum Gasteiger partial charge on any atom is -0.106 e. The van der Waals surface area contributed by atoms with Gasteiger partial charge < -0.3 is 0 Å². The lowest BCUT2D eigenvalue weighted by Gasteiger charge is -2.37. The summed E-state index contributed by atoms with van der Waals surface area (Å²) in [7, 11) is -1.65. The third kappa shape index (κ3) is 1.61. The molecule has 0 aliphatic rings. The van der Waals surface area contributed by atoms with Crippen LogP contribution >= 0.6 is 0 Å². The zero-order valence-corrected chi connectivity index (χ0v) is 9.56. The third-order valence-corrected chi connectivity index (χ3v) is 7.79. The fourth-order valence-corrected chi connectivity index (χ4v) is 4.16. The molecule has 0 nitrogen and oxygen atoms in total. The average Bonchev–Trinajstić information content (AvgIpc) is 2.08. The first-order valence-electron chi connectivity index (χ1n) is 4.40. The lowest BCUT2D eigenvalue weighted by Crippen LogP contribution is -2.39. The van der Waals surface area contributed by atoms with Gasteiger partial charge in [0.2, 0.25) is 0 Å². The minimum absolute atomic E-state index is 0.290. The molecule has 0 unspecified atom stereocenters. The Morgan fingerprint density at radius 2 is 1.42 bits per heavy atom. The van der Waals surface area contributed by atoms with E-state index in [1.807, 2.05) is 0 Å². The molecule has 0 amide bonds. The van der Waals surface area contributed by atoms with Gasteiger partial charge in [-0.15, -0.1) is 19.7 Å². The summed E-state index contributed by atoms with van der Waals surface area (Å²) in [6.45, 7) is 18.5. The summed E-state index contributed by atoms with van der Waals surface area (Å²) in [4.78, 5) is 0. The predicted octanol–water partition coefficient (Wildman–Crippen LogP) is 3.80. The molecule has 0 saturated carbocycles. The molecule has 0 aromatic heterocycles. The fraction of sp³-hybridized carbons (Fsp3) is 0.455. The summed E-state index contributed by atoms with van der Waals surface area (Å²) in [5.41, 5.74) is 6.20. The highest BCUT2D eigenvalue weighted by Gasteiger charge is 2.38. The van der Waals surface area contributed by atoms with Crippen molar-refractivity contribution in [3.05, 3.63) is 36.8 Å². The van der Waals surface area contributed by atoms with Crippen LogP contribution < -0.4 is 0 Å². The van der Waals surface area contributed by atoms with Gasteiger partial charge in [0.25, 0.3) is 0 Å². The van der Waals surface area contributed by atoms with Crippen molar-refractivity contribution in [1.82, 2.24) is 0 Å². The molecule has 0 N–H and O–H groups in total. The maximum atomic E-state index is 3.91. The number of hydrogen-bond acceptors (Lipinski definition) is 0. The van der Waals surface area contributed by atoms with E-state index in [2.05, 4.69) is 57.6 Å². The van der Waals surface area contributed by atoms with Crippen molar-refractivity contribution in [2.24, 2.45) is 0 Å². The summed E-state index contributed by atoms with van der Waals surface area (Å²) in [6, 6.07) is 0. The van der Waals surface area contributed by atoms with E-state index in [0.717, 1.165) is 6.42 Å². The van der Waals surface area contributed by atoms with Gasteiger partial charge in [0.15, 0.2) is 0 Å². The van der Waals surface area contributed by atoms with Gasteiger partial charge in [-0.05, 0) is 5.04 Å². The Morgan fingerprint density at radius 1 is 1.08 bits per heavy atom. The van der Waals surface area contributed by atoms with Crippen LogP contribution in [-0.2, 0) is 0 Å². The molecule has 0 aliphatic carbocycles. The first kappa shape index (κ1) is 11.4. The van der Waals surface area contributed by atoms with Gasteiger partial charge in [-0.25, -0.2) is 0 Å². The molecule has 0 aromatic rings. The number of rotatable bonds is 5. The Hall–Kier alpha value is -0.563. The largest absolute Gasteiger partial charge is 0.130 e. The van der Waals surface area contributed by atoms with E-state index in [0.29, 0.717) is 0 Å². The molecule has 0 spiro atoms. The third-order valence-electron chi connectivity index (χ3n) is 3.07. The molecule has 0 aromatic carbocycles. The van der Waals surface area contributed by atoms with E-state index >= 15 is 0 Å². The Balaban J connectivity index is 5.08. The van der Waals surface area contributed by atoms with E-state index in [-0.39, 0.29) is 5.04 Å². The van der Waals surface area contributed by atoms with Crippen molar-refractivity contribution in [2.75, 3.05) is 0 Å². The molecule has 68 valence electrons. The van der Waals surface area contributed by atoms with Gasteiger partial charge in [0.1, 0.15) is 8.07 Å². The van der Waals surface area contributed by atoms with Crippen molar-refractivity contribution in [3.8, 4) is 0 Å². The quantitative estimate of drug-likeness (QED) is 0.565. The second-order valence-electron chi connectivity index (χ2n) is 3.78. The van der Waals surface area contributed by atoms with E-state index in [4.69, 9.17) is 0 Å². The average molecular weight is 180 g/mol. The molecule has 0 saturated heterocycles. The lowest BCUT2D eigenvalue weighted by atomic mass is 10.1. The molecule has 0 atom stereocenters.